The molecule has 0 radical (unpaired) electrons. The third kappa shape index (κ3) is 6.67. The van der Waals surface area contributed by atoms with Gasteiger partial charge in [0.1, 0.15) is 19.6 Å². The van der Waals surface area contributed by atoms with Crippen LogP contribution in [0.3, 0.4) is 0 Å². The number of morpholine rings is 1. The quantitative estimate of drug-likeness (QED) is 0.328. The molecule has 1 unspecified atom stereocenters. The zero-order valence-electron chi connectivity index (χ0n) is 24.7. The molecule has 3 aromatic rings. The molecule has 0 bridgehead atoms. The Morgan fingerprint density at radius 1 is 0.909 bits per heavy atom. The van der Waals surface area contributed by atoms with Crippen molar-refractivity contribution in [2.24, 2.45) is 0 Å². The lowest BCUT2D eigenvalue weighted by molar-refractivity contribution is -1.03. The average molecular weight is 661 g/mol. The molecule has 1 saturated heterocycles. The predicted octanol–water partition coefficient (Wildman–Crippen LogP) is 5.38. The van der Waals surface area contributed by atoms with Crippen LogP contribution in [0.15, 0.2) is 54.6 Å². The highest BCUT2D eigenvalue weighted by Crippen LogP contribution is 2.39. The maximum Gasteiger partial charge on any atom is 0.268 e. The molecule has 12 heteroatoms. The van der Waals surface area contributed by atoms with Gasteiger partial charge in [0.15, 0.2) is 5.75 Å². The molecule has 1 N–H and O–H groups in total. The van der Waals surface area contributed by atoms with Crippen molar-refractivity contribution in [1.29, 1.82) is 0 Å². The summed E-state index contributed by atoms with van der Waals surface area (Å²) in [6.45, 7) is 3.00. The molecule has 2 heterocycles. The summed E-state index contributed by atoms with van der Waals surface area (Å²) in [5.74, 6) is -1.12. The smallest absolute Gasteiger partial charge is 0.268 e. The van der Waals surface area contributed by atoms with Gasteiger partial charge in [0.05, 0.1) is 46.8 Å². The van der Waals surface area contributed by atoms with Crippen molar-refractivity contribution in [3.05, 3.63) is 86.4 Å². The van der Waals surface area contributed by atoms with Crippen LogP contribution >= 0.6 is 34.8 Å². The highest BCUT2D eigenvalue weighted by atomic mass is 35.5. The van der Waals surface area contributed by atoms with Crippen LogP contribution in [0.25, 0.3) is 11.1 Å². The number of nitrogens with one attached hydrogen (secondary N) is 1. The van der Waals surface area contributed by atoms with Gasteiger partial charge in [-0.3, -0.25) is 14.4 Å². The first-order valence-electron chi connectivity index (χ1n) is 14.3. The van der Waals surface area contributed by atoms with Gasteiger partial charge in [0.2, 0.25) is 0 Å². The molecule has 2 aliphatic rings. The second-order valence-corrected chi connectivity index (χ2v) is 12.5. The van der Waals surface area contributed by atoms with Crippen molar-refractivity contribution in [2.75, 3.05) is 54.0 Å². The summed E-state index contributed by atoms with van der Waals surface area (Å²) in [4.78, 5) is 45.6. The van der Waals surface area contributed by atoms with E-state index in [0.29, 0.717) is 64.4 Å². The SMILES string of the molecule is CN(C)C(=O)c1ccc(-c2ccc(CC[N+]3(N(C)C(=O)CC4C(=O)NOc5cc(Cl)c(Cl)cc54)CCOCC3)cc2)cc1Cl. The Morgan fingerprint density at radius 2 is 1.57 bits per heavy atom. The zero-order chi connectivity index (χ0) is 31.6. The Labute approximate surface area is 271 Å². The van der Waals surface area contributed by atoms with Crippen molar-refractivity contribution in [1.82, 2.24) is 15.4 Å². The third-order valence-electron chi connectivity index (χ3n) is 8.40. The van der Waals surface area contributed by atoms with Crippen LogP contribution < -0.4 is 10.3 Å². The lowest BCUT2D eigenvalue weighted by Crippen LogP contribution is -2.66. The number of benzene rings is 3. The van der Waals surface area contributed by atoms with Gasteiger partial charge < -0.3 is 14.5 Å². The number of carbonyl (C=O) groups excluding carboxylic acids is 3. The highest BCUT2D eigenvalue weighted by molar-refractivity contribution is 6.42. The summed E-state index contributed by atoms with van der Waals surface area (Å²) in [7, 11) is 5.18. The Hall–Kier alpha value is -3.34. The minimum absolute atomic E-state index is 0.0479. The molecule has 0 aromatic heterocycles. The van der Waals surface area contributed by atoms with E-state index in [1.54, 1.807) is 44.4 Å². The largest absolute Gasteiger partial charge is 0.379 e. The first kappa shape index (κ1) is 32.1. The summed E-state index contributed by atoms with van der Waals surface area (Å²) < 4.78 is 6.07. The molecule has 0 aliphatic carbocycles. The Bertz CT molecular complexity index is 1570. The summed E-state index contributed by atoms with van der Waals surface area (Å²) in [5.41, 5.74) is 6.40. The molecule has 9 nitrogen and oxygen atoms in total. The maximum atomic E-state index is 13.7. The van der Waals surface area contributed by atoms with Crippen LogP contribution in [0.5, 0.6) is 5.75 Å². The molecule has 5 rings (SSSR count). The van der Waals surface area contributed by atoms with Gasteiger partial charge >= 0.3 is 0 Å². The fourth-order valence-corrected chi connectivity index (χ4v) is 6.22. The Balaban J connectivity index is 1.29. The monoisotopic (exact) mass is 659 g/mol. The minimum atomic E-state index is -0.763. The van der Waals surface area contributed by atoms with Gasteiger partial charge in [-0.25, -0.2) is 4.59 Å². The van der Waals surface area contributed by atoms with Gasteiger partial charge in [0.25, 0.3) is 17.7 Å². The minimum Gasteiger partial charge on any atom is -0.379 e. The van der Waals surface area contributed by atoms with Crippen molar-refractivity contribution in [3.8, 4) is 16.9 Å². The van der Waals surface area contributed by atoms with Gasteiger partial charge in [-0.2, -0.15) is 10.5 Å². The molecule has 232 valence electrons. The number of quaternary nitrogens is 1. The number of carbonyl (C=O) groups is 3. The van der Waals surface area contributed by atoms with Crippen molar-refractivity contribution in [2.45, 2.75) is 18.8 Å². The lowest BCUT2D eigenvalue weighted by atomic mass is 9.92. The van der Waals surface area contributed by atoms with Crippen molar-refractivity contribution < 1.29 is 28.6 Å². The van der Waals surface area contributed by atoms with E-state index in [2.05, 4.69) is 17.6 Å². The van der Waals surface area contributed by atoms with Crippen molar-refractivity contribution in [3.63, 3.8) is 0 Å². The normalized spacial score (nSPS) is 17.2. The Morgan fingerprint density at radius 3 is 2.23 bits per heavy atom. The van der Waals surface area contributed by atoms with Gasteiger partial charge in [-0.05, 0) is 34.9 Å². The second-order valence-electron chi connectivity index (χ2n) is 11.3. The maximum absolute atomic E-state index is 13.7. The van der Waals surface area contributed by atoms with E-state index in [9.17, 15) is 14.4 Å². The Kier molecular flexibility index (Phi) is 9.72. The molecule has 2 aliphatic heterocycles. The fourth-order valence-electron chi connectivity index (χ4n) is 5.63. The molecule has 3 amide bonds. The molecule has 1 fully saturated rings. The zero-order valence-corrected chi connectivity index (χ0v) is 27.0. The van der Waals surface area contributed by atoms with Crippen LogP contribution in [0.1, 0.15) is 33.8 Å². The van der Waals surface area contributed by atoms with E-state index in [0.717, 1.165) is 23.1 Å². The molecular weight excluding hydrogens is 627 g/mol. The van der Waals surface area contributed by atoms with Gasteiger partial charge in [-0.1, -0.05) is 65.1 Å². The average Bonchev–Trinajstić information content (AvgIpc) is 3.02. The number of ether oxygens (including phenoxy) is 1. The number of hydroxylamine groups is 1. The predicted molar refractivity (Wildman–Crippen MR) is 170 cm³/mol. The molecular formula is C32H34Cl3N4O5+. The topological polar surface area (TPSA) is 88.2 Å². The molecule has 3 aromatic carbocycles. The molecule has 0 saturated carbocycles. The first-order valence-corrected chi connectivity index (χ1v) is 15.4. The van der Waals surface area contributed by atoms with Crippen LogP contribution in [-0.2, 0) is 20.7 Å². The van der Waals surface area contributed by atoms with Crippen LogP contribution in [0.4, 0.5) is 0 Å². The first-order chi connectivity index (χ1) is 21.0. The number of hydrogen-bond acceptors (Lipinski definition) is 5. The number of nitrogens with zero attached hydrogens (tertiary/aromatic N) is 3. The third-order valence-corrected chi connectivity index (χ3v) is 9.43. The van der Waals surface area contributed by atoms with E-state index < -0.39 is 11.8 Å². The van der Waals surface area contributed by atoms with Gasteiger partial charge in [-0.15, -0.1) is 0 Å². The molecule has 44 heavy (non-hydrogen) atoms. The lowest BCUT2D eigenvalue weighted by Gasteiger charge is -2.46. The summed E-state index contributed by atoms with van der Waals surface area (Å²) >= 11 is 18.8. The summed E-state index contributed by atoms with van der Waals surface area (Å²) in [5, 5.41) is 2.74. The van der Waals surface area contributed by atoms with E-state index in [1.165, 1.54) is 11.0 Å². The number of rotatable bonds is 8. The summed E-state index contributed by atoms with van der Waals surface area (Å²) in [6, 6.07) is 16.8. The standard InChI is InChI=1S/C32H33Cl3N4O5/c1-37(2)32(42)23-9-8-22(16-26(23)33)21-6-4-20(5-7-21)10-11-39(12-14-43-15-13-39)38(3)30(40)18-25-24-17-27(34)28(35)19-29(24)44-36-31(25)41/h4-9,16-17,19,25H,10-15,18H2,1-3H3/p+1. The number of hydrogen-bond donors (Lipinski definition) is 1. The van der Waals surface area contributed by atoms with E-state index >= 15 is 0 Å². The van der Waals surface area contributed by atoms with Crippen molar-refractivity contribution >= 4 is 52.5 Å². The fraction of sp³-hybridized carbons (Fsp3) is 0.344. The van der Waals surface area contributed by atoms with E-state index in [4.69, 9.17) is 44.4 Å². The van der Waals surface area contributed by atoms with E-state index in [1.807, 2.05) is 18.2 Å². The summed E-state index contributed by atoms with van der Waals surface area (Å²) in [6.07, 6.45) is 0.678. The van der Waals surface area contributed by atoms with Gasteiger partial charge in [0, 0.05) is 38.6 Å². The second kappa shape index (κ2) is 13.3. The number of fused-ring (bicyclic) bond motifs is 1. The highest BCUT2D eigenvalue weighted by Gasteiger charge is 2.41. The van der Waals surface area contributed by atoms with Crippen LogP contribution in [0, 0.1) is 0 Å². The number of amides is 3. The molecule has 0 spiro atoms. The molecule has 1 atom stereocenters. The van der Waals surface area contributed by atoms with E-state index in [-0.39, 0.29) is 23.3 Å². The van der Waals surface area contributed by atoms with Crippen LogP contribution in [0.2, 0.25) is 15.1 Å². The number of halogens is 3. The van der Waals surface area contributed by atoms with Crippen LogP contribution in [-0.4, -0.2) is 86.2 Å².